The number of aliphatic hydroxyl groups is 2. The summed E-state index contributed by atoms with van der Waals surface area (Å²) >= 11 is 0. The Morgan fingerprint density at radius 2 is 1.44 bits per heavy atom. The second kappa shape index (κ2) is 27.7. The van der Waals surface area contributed by atoms with Crippen LogP contribution in [-0.2, 0) is 30.5 Å². The smallest absolute Gasteiger partial charge is 0.416 e. The van der Waals surface area contributed by atoms with Crippen molar-refractivity contribution in [2.45, 2.75) is 135 Å². The zero-order valence-electron chi connectivity index (χ0n) is 51.2. The maximum Gasteiger partial charge on any atom is 0.416 e. The van der Waals surface area contributed by atoms with Gasteiger partial charge in [-0.05, 0) is 135 Å². The molecule has 6 N–H and O–H groups in total. The van der Waals surface area contributed by atoms with E-state index in [1.54, 1.807) is 74.3 Å². The summed E-state index contributed by atoms with van der Waals surface area (Å²) in [7, 11) is 4.64. The SMILES string of the molecule is COc1ccc(C2=CN3C(=O)c4cc(OC)c(OCCCCCOc5cc6c(cc5OC)C(=O)N5CC7(CC7)C[C@H]5[C@H](O)N6C(=O)OCc5ccc(NC(=O)[C@H](C)NC(=O)[C@@H](NC(=O)CCCCCN6C(=O)C=CC6O)C(C)C)cc5)cc4NC[C@@H]3C2)cc1. The molecule has 1 aliphatic carbocycles. The van der Waals surface area contributed by atoms with Crippen LogP contribution in [0.1, 0.15) is 123 Å². The van der Waals surface area contributed by atoms with Crippen LogP contribution in [0, 0.1) is 11.3 Å². The normalized spacial score (nSPS) is 20.1. The van der Waals surface area contributed by atoms with Crippen LogP contribution in [0.4, 0.5) is 21.9 Å². The molecule has 23 heteroatoms. The number of carbonyl (C=O) groups excluding carboxylic acids is 7. The Labute approximate surface area is 517 Å². The van der Waals surface area contributed by atoms with E-state index in [4.69, 9.17) is 28.4 Å². The maximum atomic E-state index is 14.4. The highest BCUT2D eigenvalue weighted by atomic mass is 16.6. The summed E-state index contributed by atoms with van der Waals surface area (Å²) in [5, 5.41) is 33.7. The monoisotopic (exact) mass is 1220 g/mol. The fourth-order valence-electron chi connectivity index (χ4n) is 12.1. The van der Waals surface area contributed by atoms with Gasteiger partial charge in [-0.3, -0.25) is 28.8 Å². The fourth-order valence-corrected chi connectivity index (χ4v) is 12.1. The summed E-state index contributed by atoms with van der Waals surface area (Å²) < 4.78 is 35.2. The molecule has 23 nitrogen and oxygen atoms in total. The number of hydrogen-bond donors (Lipinski definition) is 6. The van der Waals surface area contributed by atoms with Crippen molar-refractivity contribution in [3.8, 4) is 28.7 Å². The first-order valence-electron chi connectivity index (χ1n) is 30.6. The second-order valence-electron chi connectivity index (χ2n) is 24.0. The molecule has 2 fully saturated rings. The number of benzene rings is 4. The van der Waals surface area contributed by atoms with Gasteiger partial charge in [0.2, 0.25) is 23.6 Å². The summed E-state index contributed by atoms with van der Waals surface area (Å²) in [5.74, 6) is -0.101. The molecular formula is C66H80N8O15. The van der Waals surface area contributed by atoms with Crippen LogP contribution >= 0.6 is 0 Å². The molecule has 4 aromatic rings. The van der Waals surface area contributed by atoms with Gasteiger partial charge in [0.15, 0.2) is 29.2 Å². The van der Waals surface area contributed by atoms with E-state index < -0.39 is 48.5 Å². The molecule has 1 unspecified atom stereocenters. The Hall–Kier alpha value is -8.83. The van der Waals surface area contributed by atoms with Crippen molar-refractivity contribution in [3.05, 3.63) is 113 Å². The van der Waals surface area contributed by atoms with Crippen LogP contribution in [0.5, 0.6) is 28.7 Å². The molecular weight excluding hydrogens is 1140 g/mol. The number of amides is 7. The van der Waals surface area contributed by atoms with Crippen molar-refractivity contribution in [1.82, 2.24) is 25.3 Å². The molecule has 6 atom stereocenters. The number of ether oxygens (including phenoxy) is 6. The quantitative estimate of drug-likeness (QED) is 0.0335. The fraction of sp³-hybridized carbons (Fsp3) is 0.470. The van der Waals surface area contributed by atoms with E-state index in [0.29, 0.717) is 112 Å². The van der Waals surface area contributed by atoms with Crippen molar-refractivity contribution in [2.24, 2.45) is 11.3 Å². The topological polar surface area (TPSA) is 276 Å². The number of aliphatic hydroxyl groups excluding tert-OH is 2. The molecule has 474 valence electrons. The van der Waals surface area contributed by atoms with Crippen molar-refractivity contribution in [3.63, 3.8) is 0 Å². The molecule has 5 heterocycles. The zero-order chi connectivity index (χ0) is 63.1. The molecule has 5 aliphatic heterocycles. The Bertz CT molecular complexity index is 3370. The minimum Gasteiger partial charge on any atom is -0.497 e. The highest BCUT2D eigenvalue weighted by Gasteiger charge is 2.58. The number of nitrogens with one attached hydrogen (secondary N) is 4. The van der Waals surface area contributed by atoms with Gasteiger partial charge in [-0.2, -0.15) is 0 Å². The predicted molar refractivity (Wildman–Crippen MR) is 329 cm³/mol. The van der Waals surface area contributed by atoms with E-state index in [2.05, 4.69) is 21.3 Å². The van der Waals surface area contributed by atoms with E-state index in [0.717, 1.165) is 34.6 Å². The van der Waals surface area contributed by atoms with Gasteiger partial charge in [-0.1, -0.05) is 44.5 Å². The number of nitrogens with zero attached hydrogens (tertiary/aromatic N) is 4. The van der Waals surface area contributed by atoms with E-state index in [9.17, 15) is 43.8 Å². The minimum atomic E-state index is -1.45. The largest absolute Gasteiger partial charge is 0.497 e. The van der Waals surface area contributed by atoms with Crippen molar-refractivity contribution >= 4 is 64.2 Å². The van der Waals surface area contributed by atoms with Gasteiger partial charge >= 0.3 is 6.09 Å². The Kier molecular flexibility index (Phi) is 19.7. The number of anilines is 3. The molecule has 1 saturated carbocycles. The van der Waals surface area contributed by atoms with E-state index >= 15 is 0 Å². The van der Waals surface area contributed by atoms with Gasteiger partial charge in [-0.25, -0.2) is 9.69 Å². The van der Waals surface area contributed by atoms with Crippen molar-refractivity contribution in [1.29, 1.82) is 0 Å². The van der Waals surface area contributed by atoms with Crippen LogP contribution in [-0.4, -0.2) is 157 Å². The zero-order valence-corrected chi connectivity index (χ0v) is 51.2. The number of methoxy groups -OCH3 is 3. The lowest BCUT2D eigenvalue weighted by Crippen LogP contribution is -2.53. The number of rotatable bonds is 26. The molecule has 1 saturated heterocycles. The third kappa shape index (κ3) is 14.4. The lowest BCUT2D eigenvalue weighted by atomic mass is 10.0. The summed E-state index contributed by atoms with van der Waals surface area (Å²) in [4.78, 5) is 100. The number of carbonyl (C=O) groups is 7. The molecule has 7 amide bonds. The Morgan fingerprint density at radius 3 is 2.09 bits per heavy atom. The van der Waals surface area contributed by atoms with Gasteiger partial charge in [0.1, 0.15) is 30.7 Å². The molecule has 4 aromatic carbocycles. The highest BCUT2D eigenvalue weighted by Crippen LogP contribution is 2.57. The van der Waals surface area contributed by atoms with Crippen molar-refractivity contribution in [2.75, 3.05) is 69.7 Å². The van der Waals surface area contributed by atoms with Crippen LogP contribution in [0.2, 0.25) is 0 Å². The lowest BCUT2D eigenvalue weighted by molar-refractivity contribution is -0.132. The van der Waals surface area contributed by atoms with Gasteiger partial charge in [-0.15, -0.1) is 0 Å². The maximum absolute atomic E-state index is 14.4. The molecule has 6 aliphatic rings. The van der Waals surface area contributed by atoms with Crippen LogP contribution in [0.15, 0.2) is 91.1 Å². The third-order valence-electron chi connectivity index (χ3n) is 17.5. The first-order valence-corrected chi connectivity index (χ1v) is 30.6. The molecule has 0 radical (unpaired) electrons. The molecule has 0 aromatic heterocycles. The van der Waals surface area contributed by atoms with E-state index in [1.165, 1.54) is 37.2 Å². The highest BCUT2D eigenvalue weighted by molar-refractivity contribution is 6.06. The van der Waals surface area contributed by atoms with E-state index in [-0.39, 0.29) is 83.4 Å². The number of hydrogen-bond acceptors (Lipinski definition) is 16. The van der Waals surface area contributed by atoms with Crippen LogP contribution < -0.4 is 49.9 Å². The number of unbranched alkanes of at least 4 members (excludes halogenated alkanes) is 4. The van der Waals surface area contributed by atoms with E-state index in [1.807, 2.05) is 36.5 Å². The van der Waals surface area contributed by atoms with Gasteiger partial charge < -0.3 is 74.6 Å². The minimum absolute atomic E-state index is 0.0655. The van der Waals surface area contributed by atoms with Gasteiger partial charge in [0.05, 0.1) is 69.1 Å². The summed E-state index contributed by atoms with van der Waals surface area (Å²) in [5.41, 5.74) is 4.37. The van der Waals surface area contributed by atoms with Crippen molar-refractivity contribution < 1.29 is 72.2 Å². The van der Waals surface area contributed by atoms with Crippen LogP contribution in [0.3, 0.4) is 0 Å². The average Bonchev–Trinajstić information content (AvgIpc) is 1.62. The first kappa shape index (κ1) is 63.2. The Morgan fingerprint density at radius 1 is 0.753 bits per heavy atom. The number of fused-ring (bicyclic) bond motifs is 4. The molecule has 1 spiro atoms. The Balaban J connectivity index is 0.711. The summed E-state index contributed by atoms with van der Waals surface area (Å²) in [6.07, 6.45) is 8.34. The average molecular weight is 1230 g/mol. The molecule has 89 heavy (non-hydrogen) atoms. The second-order valence-corrected chi connectivity index (χ2v) is 24.0. The lowest BCUT2D eigenvalue weighted by Gasteiger charge is -2.31. The molecule has 0 bridgehead atoms. The van der Waals surface area contributed by atoms with Crippen LogP contribution in [0.25, 0.3) is 5.57 Å². The standard InChI is InChI=1S/C66H80N8O15/c1-39(2)59(70-56(75)13-9-7-10-26-71-57(76)22-23-58(71)77)61(79)68-40(3)60(78)69-44-18-14-41(15-19-44)37-89-65(83)74-50-33-55(53(86-6)31-48(50)63(81)73-38-66(24-25-66)34-51(73)64(74)82)88-28-12-8-11-27-87-54-32-49-47(30-52(54)85-5)62(80)72-36-43(29-45(72)35-67-49)42-16-20-46(84-4)21-17-42/h14-23,30-33,36,39-40,45,51,57,59,64,67,76,82H,7-13,24-29,34-35,37-38H2,1-6H3,(H,68,79)(H,69,78)(H,70,75)/t40-,45-,51-,57?,59-,64-/m0/s1. The van der Waals surface area contributed by atoms with Gasteiger partial charge in [0, 0.05) is 56.2 Å². The summed E-state index contributed by atoms with van der Waals surface area (Å²) in [6.45, 7) is 6.85. The third-order valence-corrected chi connectivity index (χ3v) is 17.5. The summed E-state index contributed by atoms with van der Waals surface area (Å²) in [6, 6.07) is 18.4. The first-order chi connectivity index (χ1) is 42.9. The molecule has 10 rings (SSSR count). The van der Waals surface area contributed by atoms with Gasteiger partial charge in [0.25, 0.3) is 11.8 Å². The predicted octanol–water partition coefficient (Wildman–Crippen LogP) is 7.35.